The Morgan fingerprint density at radius 1 is 1.27 bits per heavy atom. The summed E-state index contributed by atoms with van der Waals surface area (Å²) in [7, 11) is 0. The van der Waals surface area contributed by atoms with Crippen molar-refractivity contribution in [1.29, 1.82) is 5.41 Å². The number of aromatic nitrogens is 4. The number of amides is 1. The van der Waals surface area contributed by atoms with Crippen molar-refractivity contribution in [2.45, 2.75) is 19.4 Å². The third-order valence-corrected chi connectivity index (χ3v) is 5.61. The molecule has 1 saturated heterocycles. The van der Waals surface area contributed by atoms with Gasteiger partial charge in [-0.15, -0.1) is 0 Å². The predicted molar refractivity (Wildman–Crippen MR) is 119 cm³/mol. The number of nitrogens with two attached hydrogens (primary N) is 1. The maximum Gasteiger partial charge on any atom is 0.246 e. The van der Waals surface area contributed by atoms with Crippen molar-refractivity contribution in [3.8, 4) is 11.5 Å². The molecule has 4 aromatic rings. The minimum Gasteiger partial charge on any atom is -0.398 e. The molecule has 0 spiro atoms. The number of hydrogen-bond acceptors (Lipinski definition) is 7. The highest BCUT2D eigenvalue weighted by atomic mass is 19.1. The summed E-state index contributed by atoms with van der Waals surface area (Å²) < 4.78 is 21.4. The van der Waals surface area contributed by atoms with Gasteiger partial charge in [-0.3, -0.25) is 9.20 Å². The number of hydrogen-bond donors (Lipinski definition) is 2. The van der Waals surface area contributed by atoms with E-state index < -0.39 is 5.82 Å². The van der Waals surface area contributed by atoms with Gasteiger partial charge < -0.3 is 20.6 Å². The normalized spacial score (nSPS) is 14.7. The third-order valence-electron chi connectivity index (χ3n) is 5.61. The first-order valence-corrected chi connectivity index (χ1v) is 10.4. The fourth-order valence-corrected chi connectivity index (χ4v) is 3.90. The molecule has 1 amide bonds. The number of allylic oxidation sites excluding steroid dienone is 1. The topological polar surface area (TPSA) is 126 Å². The number of imidazole rings is 1. The summed E-state index contributed by atoms with van der Waals surface area (Å²) in [5.41, 5.74) is 8.78. The summed E-state index contributed by atoms with van der Waals surface area (Å²) in [6.45, 7) is 0.950. The fourth-order valence-electron chi connectivity index (χ4n) is 3.90. The Morgan fingerprint density at radius 3 is 2.88 bits per heavy atom. The smallest absolute Gasteiger partial charge is 0.246 e. The summed E-state index contributed by atoms with van der Waals surface area (Å²) >= 11 is 0. The molecule has 9 nitrogen and oxygen atoms in total. The van der Waals surface area contributed by atoms with Crippen molar-refractivity contribution >= 4 is 29.0 Å². The van der Waals surface area contributed by atoms with Crippen molar-refractivity contribution < 1.29 is 13.7 Å². The second-order valence-electron chi connectivity index (χ2n) is 7.67. The first-order chi connectivity index (χ1) is 16.0. The zero-order chi connectivity index (χ0) is 22.9. The van der Waals surface area contributed by atoms with Crippen LogP contribution in [0.1, 0.15) is 29.9 Å². The van der Waals surface area contributed by atoms with Gasteiger partial charge in [-0.1, -0.05) is 17.3 Å². The highest BCUT2D eigenvalue weighted by molar-refractivity contribution is 6.17. The molecule has 3 N–H and O–H groups in total. The van der Waals surface area contributed by atoms with Crippen molar-refractivity contribution in [3.05, 3.63) is 71.6 Å². The molecule has 1 fully saturated rings. The number of likely N-dealkylation sites (tertiary alicyclic amines) is 1. The zero-order valence-corrected chi connectivity index (χ0v) is 17.5. The molecule has 10 heteroatoms. The molecule has 166 valence electrons. The van der Waals surface area contributed by atoms with Crippen molar-refractivity contribution in [3.63, 3.8) is 0 Å². The molecule has 1 aliphatic rings. The first kappa shape index (κ1) is 20.6. The summed E-state index contributed by atoms with van der Waals surface area (Å²) in [6.07, 6.45) is 5.82. The molecule has 0 aliphatic carbocycles. The maximum absolute atomic E-state index is 14.3. The van der Waals surface area contributed by atoms with Gasteiger partial charge in [0.15, 0.2) is 0 Å². The molecule has 33 heavy (non-hydrogen) atoms. The average Bonchev–Trinajstić information content (AvgIpc) is 3.55. The largest absolute Gasteiger partial charge is 0.398 e. The fraction of sp³-hybridized carbons (Fsp3) is 0.174. The average molecular weight is 445 g/mol. The van der Waals surface area contributed by atoms with E-state index in [1.807, 2.05) is 0 Å². The molecule has 0 saturated carbocycles. The van der Waals surface area contributed by atoms with Gasteiger partial charge in [-0.05, 0) is 30.7 Å². The van der Waals surface area contributed by atoms with Gasteiger partial charge in [0.1, 0.15) is 17.2 Å². The standard InChI is InChI=1S/C23H20FN7O2/c24-17-5-2-1-4-15(17)22(26)16(10-25)14-7-8-19-27-11-18(31(19)12-14)23-28-20(33-29-23)13-30-9-3-6-21(30)32/h1-2,4-5,7-8,10-12,25H,3,6,9,13,26H2. The van der Waals surface area contributed by atoms with Crippen LogP contribution in [0, 0.1) is 11.2 Å². The number of rotatable bonds is 6. The van der Waals surface area contributed by atoms with E-state index in [-0.39, 0.29) is 23.7 Å². The van der Waals surface area contributed by atoms with Crippen LogP contribution in [0.4, 0.5) is 4.39 Å². The van der Waals surface area contributed by atoms with E-state index in [9.17, 15) is 9.18 Å². The Balaban J connectivity index is 1.52. The lowest BCUT2D eigenvalue weighted by Crippen LogP contribution is -2.23. The van der Waals surface area contributed by atoms with Gasteiger partial charge in [0.05, 0.1) is 18.4 Å². The van der Waals surface area contributed by atoms with E-state index >= 15 is 0 Å². The minimum atomic E-state index is -0.463. The van der Waals surface area contributed by atoms with Crippen LogP contribution in [0.2, 0.25) is 0 Å². The van der Waals surface area contributed by atoms with Crippen LogP contribution in [-0.4, -0.2) is 43.1 Å². The number of carbonyl (C=O) groups excluding carboxylic acids is 1. The van der Waals surface area contributed by atoms with Crippen molar-refractivity contribution in [1.82, 2.24) is 24.4 Å². The van der Waals surface area contributed by atoms with Crippen LogP contribution in [0.5, 0.6) is 0 Å². The van der Waals surface area contributed by atoms with Gasteiger partial charge in [0.25, 0.3) is 0 Å². The van der Waals surface area contributed by atoms with Crippen LogP contribution < -0.4 is 5.73 Å². The second kappa shape index (κ2) is 8.30. The van der Waals surface area contributed by atoms with Gasteiger partial charge in [0, 0.05) is 42.1 Å². The molecule has 0 unspecified atom stereocenters. The third kappa shape index (κ3) is 3.75. The van der Waals surface area contributed by atoms with E-state index in [2.05, 4.69) is 15.1 Å². The quantitative estimate of drug-likeness (QED) is 0.439. The van der Waals surface area contributed by atoms with Crippen LogP contribution in [0.15, 0.2) is 53.3 Å². The lowest BCUT2D eigenvalue weighted by molar-refractivity contribution is -0.128. The molecule has 1 aromatic carbocycles. The molecule has 0 atom stereocenters. The summed E-state index contributed by atoms with van der Waals surface area (Å²) in [6, 6.07) is 9.69. The van der Waals surface area contributed by atoms with E-state index in [1.165, 1.54) is 6.07 Å². The van der Waals surface area contributed by atoms with E-state index in [4.69, 9.17) is 15.7 Å². The molecular formula is C23H20FN7O2. The number of nitrogens with one attached hydrogen (secondary N) is 1. The Hall–Kier alpha value is -4.34. The van der Waals surface area contributed by atoms with Crippen molar-refractivity contribution in [2.24, 2.45) is 5.73 Å². The number of nitrogens with zero attached hydrogens (tertiary/aromatic N) is 5. The number of pyridine rings is 1. The maximum atomic E-state index is 14.3. The summed E-state index contributed by atoms with van der Waals surface area (Å²) in [4.78, 5) is 22.4. The van der Waals surface area contributed by atoms with Gasteiger partial charge in [0.2, 0.25) is 17.6 Å². The minimum absolute atomic E-state index is 0.0765. The number of fused-ring (bicyclic) bond motifs is 1. The number of benzene rings is 1. The predicted octanol–water partition coefficient (Wildman–Crippen LogP) is 3.12. The molecule has 3 aromatic heterocycles. The lowest BCUT2D eigenvalue weighted by atomic mass is 10.0. The van der Waals surface area contributed by atoms with Crippen LogP contribution in [-0.2, 0) is 11.3 Å². The summed E-state index contributed by atoms with van der Waals surface area (Å²) in [5, 5.41) is 11.9. The molecule has 5 rings (SSSR count). The Morgan fingerprint density at radius 2 is 2.12 bits per heavy atom. The van der Waals surface area contributed by atoms with Gasteiger partial charge in [-0.25, -0.2) is 9.37 Å². The van der Waals surface area contributed by atoms with Gasteiger partial charge in [-0.2, -0.15) is 4.98 Å². The zero-order valence-electron chi connectivity index (χ0n) is 17.5. The van der Waals surface area contributed by atoms with Crippen molar-refractivity contribution in [2.75, 3.05) is 6.54 Å². The van der Waals surface area contributed by atoms with Crippen LogP contribution >= 0.6 is 0 Å². The number of carbonyl (C=O) groups is 1. The monoisotopic (exact) mass is 445 g/mol. The highest BCUT2D eigenvalue weighted by Gasteiger charge is 2.23. The van der Waals surface area contributed by atoms with E-state index in [0.29, 0.717) is 47.2 Å². The SMILES string of the molecule is N=CC(=C(N)c1ccccc1F)c1ccc2ncc(-c3noc(CN4CCCC4=O)n3)n2c1. The molecule has 4 heterocycles. The van der Waals surface area contributed by atoms with Crippen LogP contribution in [0.3, 0.4) is 0 Å². The first-order valence-electron chi connectivity index (χ1n) is 10.4. The van der Waals surface area contributed by atoms with E-state index in [1.54, 1.807) is 52.0 Å². The van der Waals surface area contributed by atoms with Gasteiger partial charge >= 0.3 is 0 Å². The van der Waals surface area contributed by atoms with Crippen LogP contribution in [0.25, 0.3) is 28.4 Å². The molecular weight excluding hydrogens is 425 g/mol. The second-order valence-corrected chi connectivity index (χ2v) is 7.67. The molecule has 1 aliphatic heterocycles. The molecule has 0 radical (unpaired) electrons. The molecule has 0 bridgehead atoms. The lowest BCUT2D eigenvalue weighted by Gasteiger charge is -2.11. The summed E-state index contributed by atoms with van der Waals surface area (Å²) in [5.74, 6) is 0.279. The van der Waals surface area contributed by atoms with E-state index in [0.717, 1.165) is 12.6 Å². The Kier molecular flexibility index (Phi) is 5.17. The Labute approximate surface area is 187 Å². The Bertz CT molecular complexity index is 1400. The number of halogens is 1. The highest BCUT2D eigenvalue weighted by Crippen LogP contribution is 2.26.